The van der Waals surface area contributed by atoms with Crippen molar-refractivity contribution in [3.8, 4) is 0 Å². The molecular weight excluding hydrogens is 252 g/mol. The number of benzene rings is 1. The molecule has 0 bridgehead atoms. The van der Waals surface area contributed by atoms with E-state index in [9.17, 15) is 8.78 Å². The Morgan fingerprint density at radius 1 is 1.28 bits per heavy atom. The van der Waals surface area contributed by atoms with E-state index in [0.29, 0.717) is 11.2 Å². The standard InChI is InChI=1S/C14H19F2NS/c1-2-9-4-3-5-11(6-9)18-14-12(15)7-10(17)8-13(14)16/h7-9,11H,2-6,17H2,1H3. The Kier molecular flexibility index (Phi) is 4.49. The van der Waals surface area contributed by atoms with Crippen molar-refractivity contribution in [3.05, 3.63) is 23.8 Å². The van der Waals surface area contributed by atoms with Gasteiger partial charge >= 0.3 is 0 Å². The number of hydrogen-bond donors (Lipinski definition) is 1. The van der Waals surface area contributed by atoms with Crippen LogP contribution in [0.3, 0.4) is 0 Å². The number of hydrogen-bond acceptors (Lipinski definition) is 2. The number of thioether (sulfide) groups is 1. The Bertz CT molecular complexity index is 399. The maximum Gasteiger partial charge on any atom is 0.141 e. The molecule has 0 heterocycles. The van der Waals surface area contributed by atoms with Gasteiger partial charge in [0.2, 0.25) is 0 Å². The smallest absolute Gasteiger partial charge is 0.141 e. The van der Waals surface area contributed by atoms with Crippen LogP contribution in [0.2, 0.25) is 0 Å². The predicted molar refractivity (Wildman–Crippen MR) is 72.7 cm³/mol. The van der Waals surface area contributed by atoms with Crippen molar-refractivity contribution in [3.63, 3.8) is 0 Å². The molecule has 0 saturated heterocycles. The molecule has 100 valence electrons. The van der Waals surface area contributed by atoms with Crippen molar-refractivity contribution in [2.45, 2.75) is 49.2 Å². The summed E-state index contributed by atoms with van der Waals surface area (Å²) < 4.78 is 27.4. The molecule has 0 spiro atoms. The van der Waals surface area contributed by atoms with Crippen LogP contribution in [0.5, 0.6) is 0 Å². The fraction of sp³-hybridized carbons (Fsp3) is 0.571. The summed E-state index contributed by atoms with van der Waals surface area (Å²) in [6.45, 7) is 2.18. The zero-order valence-electron chi connectivity index (χ0n) is 10.6. The van der Waals surface area contributed by atoms with E-state index in [0.717, 1.165) is 25.7 Å². The van der Waals surface area contributed by atoms with Gasteiger partial charge in [0.05, 0.1) is 4.90 Å². The van der Waals surface area contributed by atoms with Gasteiger partial charge in [-0.3, -0.25) is 0 Å². The van der Waals surface area contributed by atoms with Crippen molar-refractivity contribution in [1.82, 2.24) is 0 Å². The Balaban J connectivity index is 2.09. The molecule has 2 rings (SSSR count). The summed E-state index contributed by atoms with van der Waals surface area (Å²) >= 11 is 1.34. The maximum atomic E-state index is 13.7. The van der Waals surface area contributed by atoms with Crippen molar-refractivity contribution in [2.24, 2.45) is 5.92 Å². The highest BCUT2D eigenvalue weighted by Crippen LogP contribution is 2.39. The first-order valence-corrected chi connectivity index (χ1v) is 7.39. The highest BCUT2D eigenvalue weighted by Gasteiger charge is 2.24. The second-order valence-electron chi connectivity index (χ2n) is 4.99. The van der Waals surface area contributed by atoms with Crippen LogP contribution in [0.4, 0.5) is 14.5 Å². The van der Waals surface area contributed by atoms with Gasteiger partial charge in [-0.2, -0.15) is 0 Å². The van der Waals surface area contributed by atoms with Crippen LogP contribution in [0.1, 0.15) is 39.0 Å². The fourth-order valence-electron chi connectivity index (χ4n) is 2.58. The van der Waals surface area contributed by atoms with E-state index < -0.39 is 11.6 Å². The number of nitrogens with two attached hydrogens (primary N) is 1. The fourth-order valence-corrected chi connectivity index (χ4v) is 3.91. The van der Waals surface area contributed by atoms with Crippen molar-refractivity contribution in [1.29, 1.82) is 0 Å². The summed E-state index contributed by atoms with van der Waals surface area (Å²) in [6.07, 6.45) is 5.67. The average Bonchev–Trinajstić information content (AvgIpc) is 2.34. The van der Waals surface area contributed by atoms with Gasteiger partial charge in [-0.1, -0.05) is 26.2 Å². The first kappa shape index (κ1) is 13.7. The first-order chi connectivity index (χ1) is 8.60. The van der Waals surface area contributed by atoms with Crippen LogP contribution in [-0.4, -0.2) is 5.25 Å². The van der Waals surface area contributed by atoms with E-state index >= 15 is 0 Å². The lowest BCUT2D eigenvalue weighted by molar-refractivity contribution is 0.357. The van der Waals surface area contributed by atoms with Crippen molar-refractivity contribution < 1.29 is 8.78 Å². The van der Waals surface area contributed by atoms with Crippen molar-refractivity contribution >= 4 is 17.4 Å². The van der Waals surface area contributed by atoms with Gasteiger partial charge in [0, 0.05) is 10.9 Å². The zero-order chi connectivity index (χ0) is 13.1. The third-order valence-electron chi connectivity index (χ3n) is 3.62. The minimum Gasteiger partial charge on any atom is -0.399 e. The normalized spacial score (nSPS) is 24.2. The summed E-state index contributed by atoms with van der Waals surface area (Å²) in [7, 11) is 0. The molecule has 1 aromatic rings. The summed E-state index contributed by atoms with van der Waals surface area (Å²) in [4.78, 5) is 0.131. The van der Waals surface area contributed by atoms with E-state index in [1.165, 1.54) is 30.3 Å². The van der Waals surface area contributed by atoms with Gasteiger partial charge in [-0.05, 0) is 30.9 Å². The van der Waals surface area contributed by atoms with Crippen LogP contribution >= 0.6 is 11.8 Å². The topological polar surface area (TPSA) is 26.0 Å². The van der Waals surface area contributed by atoms with Crippen LogP contribution in [0, 0.1) is 17.6 Å². The summed E-state index contributed by atoms with van der Waals surface area (Å²) in [5, 5.41) is 0.330. The Morgan fingerprint density at radius 2 is 1.94 bits per heavy atom. The molecule has 1 saturated carbocycles. The quantitative estimate of drug-likeness (QED) is 0.812. The molecule has 1 aliphatic rings. The lowest BCUT2D eigenvalue weighted by Crippen LogP contribution is -2.17. The van der Waals surface area contributed by atoms with E-state index in [2.05, 4.69) is 6.92 Å². The molecule has 0 aromatic heterocycles. The summed E-state index contributed by atoms with van der Waals surface area (Å²) in [6, 6.07) is 2.40. The second kappa shape index (κ2) is 5.91. The lowest BCUT2D eigenvalue weighted by Gasteiger charge is -2.28. The molecule has 0 amide bonds. The number of halogens is 2. The SMILES string of the molecule is CCC1CCCC(Sc2c(F)cc(N)cc2F)C1. The molecular formula is C14H19F2NS. The molecule has 2 N–H and O–H groups in total. The molecule has 1 nitrogen and oxygen atoms in total. The van der Waals surface area contributed by atoms with Gasteiger partial charge in [0.1, 0.15) is 11.6 Å². The lowest BCUT2D eigenvalue weighted by atomic mass is 9.87. The average molecular weight is 271 g/mol. The zero-order valence-corrected chi connectivity index (χ0v) is 11.4. The number of nitrogen functional groups attached to an aromatic ring is 1. The molecule has 1 fully saturated rings. The molecule has 1 aromatic carbocycles. The monoisotopic (exact) mass is 271 g/mol. The second-order valence-corrected chi connectivity index (χ2v) is 6.31. The van der Waals surface area contributed by atoms with E-state index in [1.54, 1.807) is 0 Å². The highest BCUT2D eigenvalue weighted by atomic mass is 32.2. The first-order valence-electron chi connectivity index (χ1n) is 6.51. The van der Waals surface area contributed by atoms with Gasteiger partial charge in [0.25, 0.3) is 0 Å². The van der Waals surface area contributed by atoms with E-state index in [1.807, 2.05) is 0 Å². The minimum atomic E-state index is -0.531. The Morgan fingerprint density at radius 3 is 2.56 bits per heavy atom. The van der Waals surface area contributed by atoms with Gasteiger partial charge in [0.15, 0.2) is 0 Å². The maximum absolute atomic E-state index is 13.7. The van der Waals surface area contributed by atoms with Gasteiger partial charge in [-0.25, -0.2) is 8.78 Å². The number of rotatable bonds is 3. The molecule has 0 radical (unpaired) electrons. The van der Waals surface area contributed by atoms with Crippen LogP contribution in [0.15, 0.2) is 17.0 Å². The summed E-state index contributed by atoms with van der Waals surface area (Å²) in [5.74, 6) is -0.358. The summed E-state index contributed by atoms with van der Waals surface area (Å²) in [5.41, 5.74) is 5.56. The molecule has 2 unspecified atom stereocenters. The minimum absolute atomic E-state index is 0.131. The van der Waals surface area contributed by atoms with E-state index in [-0.39, 0.29) is 10.6 Å². The molecule has 0 aliphatic heterocycles. The van der Waals surface area contributed by atoms with Crippen molar-refractivity contribution in [2.75, 3.05) is 5.73 Å². The third kappa shape index (κ3) is 3.16. The largest absolute Gasteiger partial charge is 0.399 e. The van der Waals surface area contributed by atoms with Crippen LogP contribution in [0.25, 0.3) is 0 Å². The van der Waals surface area contributed by atoms with Gasteiger partial charge in [-0.15, -0.1) is 11.8 Å². The Hall–Kier alpha value is -0.770. The Labute approximate surface area is 111 Å². The van der Waals surface area contributed by atoms with Crippen LogP contribution in [-0.2, 0) is 0 Å². The number of anilines is 1. The predicted octanol–water partition coefficient (Wildman–Crippen LogP) is 4.61. The third-order valence-corrected chi connectivity index (χ3v) is 5.00. The highest BCUT2D eigenvalue weighted by molar-refractivity contribution is 8.00. The molecule has 2 atom stereocenters. The molecule has 1 aliphatic carbocycles. The van der Waals surface area contributed by atoms with Crippen LogP contribution < -0.4 is 5.73 Å². The van der Waals surface area contributed by atoms with E-state index in [4.69, 9.17) is 5.73 Å². The molecule has 4 heteroatoms. The van der Waals surface area contributed by atoms with Gasteiger partial charge < -0.3 is 5.73 Å². The molecule has 18 heavy (non-hydrogen) atoms.